The number of ether oxygens (including phenoxy) is 1. The predicted octanol–water partition coefficient (Wildman–Crippen LogP) is 1.11. The largest absolute Gasteiger partial charge is 0.467 e. The molecule has 0 aromatic rings. The van der Waals surface area contributed by atoms with Crippen LogP contribution in [0.25, 0.3) is 0 Å². The van der Waals surface area contributed by atoms with Crippen molar-refractivity contribution in [2.45, 2.75) is 39.2 Å². The maximum atomic E-state index is 11.7. The summed E-state index contributed by atoms with van der Waals surface area (Å²) < 4.78 is 4.71. The minimum Gasteiger partial charge on any atom is -0.467 e. The van der Waals surface area contributed by atoms with Gasteiger partial charge in [0.2, 0.25) is 5.91 Å². The van der Waals surface area contributed by atoms with Crippen molar-refractivity contribution in [2.24, 2.45) is 11.8 Å². The number of methoxy groups -OCH3 is 1. The van der Waals surface area contributed by atoms with Crippen molar-refractivity contribution in [3.05, 3.63) is 0 Å². The molecule has 0 aliphatic heterocycles. The van der Waals surface area contributed by atoms with E-state index in [1.807, 2.05) is 13.8 Å². The predicted molar refractivity (Wildman–Crippen MR) is 76.2 cm³/mol. The molecule has 6 heteroatoms. The van der Waals surface area contributed by atoms with Gasteiger partial charge in [-0.3, -0.25) is 4.79 Å². The minimum atomic E-state index is -0.546. The standard InChI is InChI=1S/C13H24N2O3.ClH/c1-4-9(2)12(13(17)18-3)15-11(16)8-14-7-10-5-6-10;/h9-10,12,14H,4-8H2,1-3H3,(H,15,16);1H/t9-,12-;/m0./s1. The van der Waals surface area contributed by atoms with Gasteiger partial charge in [-0.1, -0.05) is 20.3 Å². The second-order valence-electron chi connectivity index (χ2n) is 5.03. The topological polar surface area (TPSA) is 67.4 Å². The maximum absolute atomic E-state index is 11.7. The molecular formula is C13H25ClN2O3. The van der Waals surface area contributed by atoms with Gasteiger partial charge in [0.15, 0.2) is 0 Å². The van der Waals surface area contributed by atoms with Gasteiger partial charge in [0.1, 0.15) is 6.04 Å². The first-order chi connectivity index (χ1) is 8.58. The van der Waals surface area contributed by atoms with Crippen molar-refractivity contribution in [1.82, 2.24) is 10.6 Å². The summed E-state index contributed by atoms with van der Waals surface area (Å²) in [6.07, 6.45) is 3.33. The summed E-state index contributed by atoms with van der Waals surface area (Å²) in [5.41, 5.74) is 0. The molecule has 1 fully saturated rings. The van der Waals surface area contributed by atoms with Gasteiger partial charge in [-0.25, -0.2) is 4.79 Å². The lowest BCUT2D eigenvalue weighted by molar-refractivity contribution is -0.146. The van der Waals surface area contributed by atoms with Crippen LogP contribution in [-0.2, 0) is 14.3 Å². The van der Waals surface area contributed by atoms with Crippen molar-refractivity contribution in [2.75, 3.05) is 20.2 Å². The molecule has 0 bridgehead atoms. The van der Waals surface area contributed by atoms with Gasteiger partial charge >= 0.3 is 5.97 Å². The van der Waals surface area contributed by atoms with Gasteiger partial charge in [0, 0.05) is 0 Å². The van der Waals surface area contributed by atoms with Crippen LogP contribution < -0.4 is 10.6 Å². The number of esters is 1. The molecule has 1 saturated carbocycles. The third-order valence-corrected chi connectivity index (χ3v) is 3.40. The fourth-order valence-corrected chi connectivity index (χ4v) is 1.73. The number of rotatable bonds is 8. The highest BCUT2D eigenvalue weighted by Crippen LogP contribution is 2.27. The molecule has 0 aromatic heterocycles. The first kappa shape index (κ1) is 18.2. The van der Waals surface area contributed by atoms with Gasteiger partial charge in [-0.15, -0.1) is 12.4 Å². The van der Waals surface area contributed by atoms with Gasteiger partial charge in [-0.05, 0) is 31.2 Å². The Hall–Kier alpha value is -0.810. The molecular weight excluding hydrogens is 268 g/mol. The molecule has 112 valence electrons. The van der Waals surface area contributed by atoms with Crippen molar-refractivity contribution in [1.29, 1.82) is 0 Å². The summed E-state index contributed by atoms with van der Waals surface area (Å²) in [5.74, 6) is 0.292. The van der Waals surface area contributed by atoms with E-state index in [0.717, 1.165) is 18.9 Å². The summed E-state index contributed by atoms with van der Waals surface area (Å²) in [4.78, 5) is 23.3. The van der Waals surface area contributed by atoms with Crippen LogP contribution in [0.2, 0.25) is 0 Å². The molecule has 0 unspecified atom stereocenters. The minimum absolute atomic E-state index is 0. The molecule has 2 N–H and O–H groups in total. The average molecular weight is 293 g/mol. The molecule has 1 rings (SSSR count). The monoisotopic (exact) mass is 292 g/mol. The van der Waals surface area contributed by atoms with Crippen LogP contribution in [0.5, 0.6) is 0 Å². The smallest absolute Gasteiger partial charge is 0.328 e. The molecule has 5 nitrogen and oxygen atoms in total. The van der Waals surface area contributed by atoms with Gasteiger partial charge in [-0.2, -0.15) is 0 Å². The Morgan fingerprint density at radius 3 is 2.47 bits per heavy atom. The van der Waals surface area contributed by atoms with Crippen molar-refractivity contribution in [3.63, 3.8) is 0 Å². The molecule has 0 heterocycles. The summed E-state index contributed by atoms with van der Waals surface area (Å²) >= 11 is 0. The van der Waals surface area contributed by atoms with E-state index in [9.17, 15) is 9.59 Å². The third-order valence-electron chi connectivity index (χ3n) is 3.40. The van der Waals surface area contributed by atoms with Gasteiger partial charge in [0.25, 0.3) is 0 Å². The number of carbonyl (C=O) groups excluding carboxylic acids is 2. The van der Waals surface area contributed by atoms with E-state index in [0.29, 0.717) is 0 Å². The van der Waals surface area contributed by atoms with Crippen LogP contribution in [0, 0.1) is 11.8 Å². The maximum Gasteiger partial charge on any atom is 0.328 e. The average Bonchev–Trinajstić information content (AvgIpc) is 3.18. The Kier molecular flexibility index (Phi) is 8.76. The normalized spacial score (nSPS) is 17.0. The molecule has 0 aromatic carbocycles. The van der Waals surface area contributed by atoms with E-state index in [1.54, 1.807) is 0 Å². The molecule has 1 amide bonds. The zero-order valence-electron chi connectivity index (χ0n) is 11.9. The van der Waals surface area contributed by atoms with Crippen LogP contribution in [0.1, 0.15) is 33.1 Å². The number of amides is 1. The van der Waals surface area contributed by atoms with E-state index in [2.05, 4.69) is 10.6 Å². The highest BCUT2D eigenvalue weighted by Gasteiger charge is 2.26. The van der Waals surface area contributed by atoms with E-state index in [4.69, 9.17) is 4.74 Å². The Bertz CT molecular complexity index is 296. The lowest BCUT2D eigenvalue weighted by Gasteiger charge is -2.21. The molecule has 1 aliphatic carbocycles. The second kappa shape index (κ2) is 9.15. The van der Waals surface area contributed by atoms with Crippen LogP contribution in [0.15, 0.2) is 0 Å². The molecule has 0 radical (unpaired) electrons. The molecule has 0 spiro atoms. The Morgan fingerprint density at radius 1 is 1.37 bits per heavy atom. The number of nitrogens with one attached hydrogen (secondary N) is 2. The zero-order valence-corrected chi connectivity index (χ0v) is 12.7. The van der Waals surface area contributed by atoms with Gasteiger partial charge < -0.3 is 15.4 Å². The van der Waals surface area contributed by atoms with Crippen molar-refractivity contribution < 1.29 is 14.3 Å². The molecule has 19 heavy (non-hydrogen) atoms. The van der Waals surface area contributed by atoms with E-state index in [1.165, 1.54) is 20.0 Å². The number of halogens is 1. The molecule has 1 aliphatic rings. The fraction of sp³-hybridized carbons (Fsp3) is 0.846. The van der Waals surface area contributed by atoms with Crippen molar-refractivity contribution in [3.8, 4) is 0 Å². The Balaban J connectivity index is 0.00000324. The third kappa shape index (κ3) is 6.78. The number of hydrogen-bond acceptors (Lipinski definition) is 4. The quantitative estimate of drug-likeness (QED) is 0.658. The zero-order chi connectivity index (χ0) is 13.5. The number of carbonyl (C=O) groups is 2. The van der Waals surface area contributed by atoms with Crippen LogP contribution in [0.3, 0.4) is 0 Å². The lowest BCUT2D eigenvalue weighted by Crippen LogP contribution is -2.48. The van der Waals surface area contributed by atoms with Crippen LogP contribution in [0.4, 0.5) is 0 Å². The molecule has 2 atom stereocenters. The van der Waals surface area contributed by atoms with E-state index < -0.39 is 6.04 Å². The SMILES string of the molecule is CC[C@H](C)[C@H](NC(=O)CNCC1CC1)C(=O)OC.Cl. The summed E-state index contributed by atoms with van der Waals surface area (Å²) in [7, 11) is 1.34. The number of hydrogen-bond donors (Lipinski definition) is 2. The van der Waals surface area contributed by atoms with E-state index >= 15 is 0 Å². The van der Waals surface area contributed by atoms with E-state index in [-0.39, 0.29) is 36.7 Å². The van der Waals surface area contributed by atoms with Crippen LogP contribution in [-0.4, -0.2) is 38.1 Å². The summed E-state index contributed by atoms with van der Waals surface area (Å²) in [5, 5.41) is 5.84. The Morgan fingerprint density at radius 2 is 2.00 bits per heavy atom. The van der Waals surface area contributed by atoms with Gasteiger partial charge in [0.05, 0.1) is 13.7 Å². The van der Waals surface area contributed by atoms with Crippen LogP contribution >= 0.6 is 12.4 Å². The summed E-state index contributed by atoms with van der Waals surface area (Å²) in [6.45, 7) is 5.07. The highest BCUT2D eigenvalue weighted by molar-refractivity contribution is 5.85. The highest BCUT2D eigenvalue weighted by atomic mass is 35.5. The second-order valence-corrected chi connectivity index (χ2v) is 5.03. The Labute approximate surface area is 121 Å². The summed E-state index contributed by atoms with van der Waals surface area (Å²) in [6, 6.07) is -0.546. The first-order valence-corrected chi connectivity index (χ1v) is 6.66. The fourth-order valence-electron chi connectivity index (χ4n) is 1.73. The lowest BCUT2D eigenvalue weighted by atomic mass is 9.99. The molecule has 0 saturated heterocycles. The van der Waals surface area contributed by atoms with Crippen molar-refractivity contribution >= 4 is 24.3 Å². The first-order valence-electron chi connectivity index (χ1n) is 6.66.